The van der Waals surface area contributed by atoms with E-state index in [1.807, 2.05) is 37.4 Å². The first kappa shape index (κ1) is 19.2. The Labute approximate surface area is 161 Å². The van der Waals surface area contributed by atoms with E-state index in [-0.39, 0.29) is 17.8 Å². The zero-order valence-corrected chi connectivity index (χ0v) is 16.4. The van der Waals surface area contributed by atoms with Crippen molar-refractivity contribution < 1.29 is 14.3 Å². The zero-order chi connectivity index (χ0) is 19.2. The molecule has 1 saturated heterocycles. The molecule has 1 fully saturated rings. The lowest BCUT2D eigenvalue weighted by Gasteiger charge is -2.19. The summed E-state index contributed by atoms with van der Waals surface area (Å²) in [6, 6.07) is 12.1. The highest BCUT2D eigenvalue weighted by Gasteiger charge is 2.24. The average molecular weight is 368 g/mol. The molecule has 2 aromatic rings. The summed E-state index contributed by atoms with van der Waals surface area (Å²) in [5, 5.41) is 0. The molecule has 1 aromatic carbocycles. The monoisotopic (exact) mass is 368 g/mol. The van der Waals surface area contributed by atoms with Gasteiger partial charge in [0.25, 0.3) is 0 Å². The number of carbonyl (C=O) groups is 1. The number of ether oxygens (including phenoxy) is 2. The molecule has 0 amide bonds. The Morgan fingerprint density at radius 2 is 2.04 bits per heavy atom. The number of hydrogen-bond acceptors (Lipinski definition) is 5. The Kier molecular flexibility index (Phi) is 6.32. The maximum atomic E-state index is 11.3. The smallest absolute Gasteiger partial charge is 0.213 e. The van der Waals surface area contributed by atoms with Crippen LogP contribution < -0.4 is 14.4 Å². The maximum Gasteiger partial charge on any atom is 0.213 e. The van der Waals surface area contributed by atoms with Gasteiger partial charge in [0.2, 0.25) is 5.88 Å². The molecule has 0 saturated carbocycles. The van der Waals surface area contributed by atoms with Crippen LogP contribution in [0.5, 0.6) is 11.6 Å². The van der Waals surface area contributed by atoms with E-state index in [2.05, 4.69) is 28.9 Å². The van der Waals surface area contributed by atoms with Crippen LogP contribution in [0.15, 0.2) is 42.6 Å². The Bertz CT molecular complexity index is 743. The minimum Gasteiger partial charge on any atom is -0.489 e. The van der Waals surface area contributed by atoms with Crippen molar-refractivity contribution in [2.75, 3.05) is 24.6 Å². The third kappa shape index (κ3) is 5.22. The van der Waals surface area contributed by atoms with Gasteiger partial charge in [0.15, 0.2) is 0 Å². The molecule has 3 rings (SSSR count). The molecule has 2 atom stereocenters. The molecule has 0 N–H and O–H groups in total. The van der Waals surface area contributed by atoms with Gasteiger partial charge in [0.1, 0.15) is 17.6 Å². The topological polar surface area (TPSA) is 51.7 Å². The van der Waals surface area contributed by atoms with Crippen molar-refractivity contribution in [1.29, 1.82) is 0 Å². The third-order valence-corrected chi connectivity index (χ3v) is 4.87. The summed E-state index contributed by atoms with van der Waals surface area (Å²) in [5.74, 6) is 2.00. The van der Waals surface area contributed by atoms with E-state index in [4.69, 9.17) is 9.47 Å². The second-order valence-corrected chi connectivity index (χ2v) is 7.14. The Morgan fingerprint density at radius 3 is 2.67 bits per heavy atom. The first-order chi connectivity index (χ1) is 13.0. The minimum atomic E-state index is 0.164. The summed E-state index contributed by atoms with van der Waals surface area (Å²) in [6.45, 7) is 8.09. The van der Waals surface area contributed by atoms with Gasteiger partial charge in [-0.15, -0.1) is 0 Å². The first-order valence-electron chi connectivity index (χ1n) is 9.65. The SMILES string of the molecule is CCOc1ccc(N2CCC(Oc3ccc([C@H](C)CC(C)=O)cc3)C2)cn1. The van der Waals surface area contributed by atoms with Crippen molar-refractivity contribution in [2.45, 2.75) is 45.6 Å². The molecule has 0 radical (unpaired) electrons. The number of anilines is 1. The molecule has 1 aliphatic rings. The highest BCUT2D eigenvalue weighted by atomic mass is 16.5. The summed E-state index contributed by atoms with van der Waals surface area (Å²) in [6.07, 6.45) is 3.58. The minimum absolute atomic E-state index is 0.164. The van der Waals surface area contributed by atoms with Gasteiger partial charge in [-0.05, 0) is 43.5 Å². The first-order valence-corrected chi connectivity index (χ1v) is 9.65. The highest BCUT2D eigenvalue weighted by Crippen LogP contribution is 2.26. The number of hydrogen-bond donors (Lipinski definition) is 0. The second kappa shape index (κ2) is 8.89. The molecule has 1 unspecified atom stereocenters. The van der Waals surface area contributed by atoms with Crippen molar-refractivity contribution in [3.8, 4) is 11.6 Å². The lowest BCUT2D eigenvalue weighted by atomic mass is 9.96. The van der Waals surface area contributed by atoms with Gasteiger partial charge < -0.3 is 19.2 Å². The fourth-order valence-corrected chi connectivity index (χ4v) is 3.47. The van der Waals surface area contributed by atoms with Gasteiger partial charge in [-0.25, -0.2) is 4.98 Å². The standard InChI is InChI=1S/C22H28N2O3/c1-4-26-22-10-7-19(14-23-22)24-12-11-21(15-24)27-20-8-5-18(6-9-20)16(2)13-17(3)25/h5-10,14,16,21H,4,11-13,15H2,1-3H3/t16-,21?/m1/s1. The lowest BCUT2D eigenvalue weighted by Crippen LogP contribution is -2.24. The predicted octanol–water partition coefficient (Wildman–Crippen LogP) is 4.22. The molecule has 2 heterocycles. The fraction of sp³-hybridized carbons (Fsp3) is 0.455. The van der Waals surface area contributed by atoms with Gasteiger partial charge in [0, 0.05) is 25.5 Å². The van der Waals surface area contributed by atoms with E-state index in [0.717, 1.165) is 30.9 Å². The molecule has 5 nitrogen and oxygen atoms in total. The second-order valence-electron chi connectivity index (χ2n) is 7.14. The molecule has 144 valence electrons. The normalized spacial score (nSPS) is 17.6. The number of ketones is 1. The van der Waals surface area contributed by atoms with E-state index in [9.17, 15) is 4.79 Å². The van der Waals surface area contributed by atoms with Gasteiger partial charge >= 0.3 is 0 Å². The maximum absolute atomic E-state index is 11.3. The van der Waals surface area contributed by atoms with Gasteiger partial charge in [-0.2, -0.15) is 0 Å². The molecule has 1 aromatic heterocycles. The van der Waals surface area contributed by atoms with Crippen LogP contribution in [0, 0.1) is 0 Å². The quantitative estimate of drug-likeness (QED) is 0.698. The summed E-state index contributed by atoms with van der Waals surface area (Å²) < 4.78 is 11.5. The van der Waals surface area contributed by atoms with Crippen molar-refractivity contribution in [1.82, 2.24) is 4.98 Å². The number of benzene rings is 1. The molecular formula is C22H28N2O3. The summed E-state index contributed by atoms with van der Waals surface area (Å²) in [4.78, 5) is 17.9. The number of rotatable bonds is 8. The number of carbonyl (C=O) groups excluding carboxylic acids is 1. The third-order valence-electron chi connectivity index (χ3n) is 4.87. The summed E-state index contributed by atoms with van der Waals surface area (Å²) in [7, 11) is 0. The molecule has 5 heteroatoms. The zero-order valence-electron chi connectivity index (χ0n) is 16.4. The predicted molar refractivity (Wildman–Crippen MR) is 107 cm³/mol. The van der Waals surface area contributed by atoms with Gasteiger partial charge in [0.05, 0.1) is 25.0 Å². The van der Waals surface area contributed by atoms with Crippen LogP contribution in [0.2, 0.25) is 0 Å². The van der Waals surface area contributed by atoms with Crippen molar-refractivity contribution >= 4 is 11.5 Å². The number of aromatic nitrogens is 1. The number of nitrogens with zero attached hydrogens (tertiary/aromatic N) is 2. The van der Waals surface area contributed by atoms with E-state index in [1.54, 1.807) is 6.92 Å². The molecule has 27 heavy (non-hydrogen) atoms. The molecule has 1 aliphatic heterocycles. The Hall–Kier alpha value is -2.56. The van der Waals surface area contributed by atoms with Crippen LogP contribution in [-0.2, 0) is 4.79 Å². The molecule has 0 bridgehead atoms. The van der Waals surface area contributed by atoms with Crippen LogP contribution in [0.3, 0.4) is 0 Å². The molecule has 0 aliphatic carbocycles. The van der Waals surface area contributed by atoms with E-state index in [0.29, 0.717) is 18.9 Å². The van der Waals surface area contributed by atoms with Gasteiger partial charge in [-0.3, -0.25) is 0 Å². The summed E-state index contributed by atoms with van der Waals surface area (Å²) >= 11 is 0. The lowest BCUT2D eigenvalue weighted by molar-refractivity contribution is -0.117. The molecular weight excluding hydrogens is 340 g/mol. The Morgan fingerprint density at radius 1 is 1.26 bits per heavy atom. The largest absolute Gasteiger partial charge is 0.489 e. The van der Waals surface area contributed by atoms with Crippen LogP contribution >= 0.6 is 0 Å². The van der Waals surface area contributed by atoms with Crippen LogP contribution in [0.4, 0.5) is 5.69 Å². The van der Waals surface area contributed by atoms with Crippen molar-refractivity contribution in [3.05, 3.63) is 48.2 Å². The van der Waals surface area contributed by atoms with Gasteiger partial charge in [-0.1, -0.05) is 19.1 Å². The molecule has 0 spiro atoms. The van der Waals surface area contributed by atoms with E-state index >= 15 is 0 Å². The van der Waals surface area contributed by atoms with Crippen molar-refractivity contribution in [2.24, 2.45) is 0 Å². The Balaban J connectivity index is 1.54. The highest BCUT2D eigenvalue weighted by molar-refractivity contribution is 5.76. The van der Waals surface area contributed by atoms with Crippen LogP contribution in [-0.4, -0.2) is 36.6 Å². The average Bonchev–Trinajstić information content (AvgIpc) is 3.11. The number of pyridine rings is 1. The van der Waals surface area contributed by atoms with Crippen LogP contribution in [0.25, 0.3) is 0 Å². The number of Topliss-reactive ketones (excluding diaryl/α,β-unsaturated/α-hetero) is 1. The van der Waals surface area contributed by atoms with Crippen LogP contribution in [0.1, 0.15) is 45.1 Å². The van der Waals surface area contributed by atoms with E-state index < -0.39 is 0 Å². The fourth-order valence-electron chi connectivity index (χ4n) is 3.47. The summed E-state index contributed by atoms with van der Waals surface area (Å²) in [5.41, 5.74) is 2.27. The van der Waals surface area contributed by atoms with E-state index in [1.165, 1.54) is 5.56 Å². The van der Waals surface area contributed by atoms with Crippen molar-refractivity contribution in [3.63, 3.8) is 0 Å².